The summed E-state index contributed by atoms with van der Waals surface area (Å²) in [7, 11) is 1.89. The number of halogens is 1. The van der Waals surface area contributed by atoms with Gasteiger partial charge in [-0.1, -0.05) is 18.2 Å². The summed E-state index contributed by atoms with van der Waals surface area (Å²) in [5.74, 6) is 0.00421. The molecule has 98 valence electrons. The van der Waals surface area contributed by atoms with E-state index in [0.29, 0.717) is 6.54 Å². The number of amides is 1. The monoisotopic (exact) mass is 284 g/mol. The zero-order valence-corrected chi connectivity index (χ0v) is 12.0. The number of hydrogen-bond acceptors (Lipinski definition) is 3. The van der Waals surface area contributed by atoms with Crippen molar-refractivity contribution in [2.75, 3.05) is 13.6 Å². The van der Waals surface area contributed by atoms with Gasteiger partial charge in [0.1, 0.15) is 0 Å². The molecule has 0 saturated carbocycles. The standard InChI is InChI=1S/C13H16N2OS.ClH/c1-9(14-2)7-15-13(16)11-8-17-12-6-4-3-5-10(11)12;/h3-6,8-9,14H,7H2,1-2H3,(H,15,16);1H. The molecule has 0 aliphatic rings. The van der Waals surface area contributed by atoms with Crippen LogP contribution in [0.5, 0.6) is 0 Å². The average Bonchev–Trinajstić information content (AvgIpc) is 2.79. The van der Waals surface area contributed by atoms with E-state index >= 15 is 0 Å². The Kier molecular flexibility index (Phi) is 5.59. The minimum Gasteiger partial charge on any atom is -0.350 e. The molecule has 1 aromatic carbocycles. The van der Waals surface area contributed by atoms with E-state index in [2.05, 4.69) is 10.6 Å². The van der Waals surface area contributed by atoms with Crippen molar-refractivity contribution in [1.82, 2.24) is 10.6 Å². The minimum atomic E-state index is 0. The molecule has 1 heterocycles. The molecule has 0 bridgehead atoms. The maximum absolute atomic E-state index is 12.0. The highest BCUT2D eigenvalue weighted by Crippen LogP contribution is 2.25. The second-order valence-corrected chi connectivity index (χ2v) is 4.96. The third-order valence-corrected chi connectivity index (χ3v) is 3.75. The number of benzene rings is 1. The van der Waals surface area contributed by atoms with E-state index in [-0.39, 0.29) is 24.4 Å². The Morgan fingerprint density at radius 3 is 2.83 bits per heavy atom. The SMILES string of the molecule is CNC(C)CNC(=O)c1csc2ccccc12.Cl. The van der Waals surface area contributed by atoms with Gasteiger partial charge >= 0.3 is 0 Å². The Morgan fingerprint density at radius 1 is 1.39 bits per heavy atom. The van der Waals surface area contributed by atoms with Crippen molar-refractivity contribution in [3.63, 3.8) is 0 Å². The zero-order valence-electron chi connectivity index (χ0n) is 10.4. The van der Waals surface area contributed by atoms with Crippen molar-refractivity contribution in [3.8, 4) is 0 Å². The lowest BCUT2D eigenvalue weighted by Gasteiger charge is -2.10. The Labute approximate surface area is 117 Å². The number of fused-ring (bicyclic) bond motifs is 1. The van der Waals surface area contributed by atoms with Crippen molar-refractivity contribution >= 4 is 39.7 Å². The van der Waals surface area contributed by atoms with Gasteiger partial charge in [-0.15, -0.1) is 23.7 Å². The van der Waals surface area contributed by atoms with Crippen molar-refractivity contribution in [2.24, 2.45) is 0 Å². The fourth-order valence-corrected chi connectivity index (χ4v) is 2.54. The first kappa shape index (κ1) is 15.0. The Balaban J connectivity index is 0.00000162. The molecule has 0 radical (unpaired) electrons. The minimum absolute atomic E-state index is 0. The molecule has 1 atom stereocenters. The van der Waals surface area contributed by atoms with Gasteiger partial charge in [-0.25, -0.2) is 0 Å². The maximum Gasteiger partial charge on any atom is 0.252 e. The van der Waals surface area contributed by atoms with E-state index in [1.807, 2.05) is 43.6 Å². The van der Waals surface area contributed by atoms with E-state index < -0.39 is 0 Å². The van der Waals surface area contributed by atoms with Gasteiger partial charge in [0.25, 0.3) is 5.91 Å². The first-order valence-corrected chi connectivity index (χ1v) is 6.52. The molecule has 2 aromatic rings. The van der Waals surface area contributed by atoms with E-state index in [9.17, 15) is 4.79 Å². The molecule has 0 fully saturated rings. The van der Waals surface area contributed by atoms with Gasteiger partial charge in [0, 0.05) is 28.1 Å². The zero-order chi connectivity index (χ0) is 12.3. The molecule has 18 heavy (non-hydrogen) atoms. The van der Waals surface area contributed by atoms with Gasteiger partial charge in [0.05, 0.1) is 5.56 Å². The third-order valence-electron chi connectivity index (χ3n) is 2.79. The number of thiophene rings is 1. The Bertz CT molecular complexity index is 526. The molecule has 1 aromatic heterocycles. The van der Waals surface area contributed by atoms with Crippen LogP contribution in [0.25, 0.3) is 10.1 Å². The lowest BCUT2D eigenvalue weighted by molar-refractivity contribution is 0.0952. The summed E-state index contributed by atoms with van der Waals surface area (Å²) in [6, 6.07) is 8.25. The van der Waals surface area contributed by atoms with Crippen molar-refractivity contribution in [1.29, 1.82) is 0 Å². The number of rotatable bonds is 4. The van der Waals surface area contributed by atoms with Crippen LogP contribution in [0.15, 0.2) is 29.6 Å². The van der Waals surface area contributed by atoms with Gasteiger partial charge < -0.3 is 10.6 Å². The van der Waals surface area contributed by atoms with E-state index in [1.54, 1.807) is 11.3 Å². The van der Waals surface area contributed by atoms with Crippen molar-refractivity contribution < 1.29 is 4.79 Å². The smallest absolute Gasteiger partial charge is 0.252 e. The molecule has 0 aliphatic carbocycles. The lowest BCUT2D eigenvalue weighted by Crippen LogP contribution is -2.37. The van der Waals surface area contributed by atoms with Gasteiger partial charge in [0.2, 0.25) is 0 Å². The van der Waals surface area contributed by atoms with E-state index in [0.717, 1.165) is 15.6 Å². The van der Waals surface area contributed by atoms with Crippen LogP contribution in [0, 0.1) is 0 Å². The molecule has 0 spiro atoms. The fourth-order valence-electron chi connectivity index (χ4n) is 1.60. The van der Waals surface area contributed by atoms with Gasteiger partial charge in [0.15, 0.2) is 0 Å². The molecule has 1 unspecified atom stereocenters. The van der Waals surface area contributed by atoms with Crippen LogP contribution in [0.3, 0.4) is 0 Å². The van der Waals surface area contributed by atoms with Crippen LogP contribution in [0.1, 0.15) is 17.3 Å². The van der Waals surface area contributed by atoms with Crippen LogP contribution in [0.4, 0.5) is 0 Å². The molecule has 1 amide bonds. The summed E-state index contributed by atoms with van der Waals surface area (Å²) >= 11 is 1.61. The first-order chi connectivity index (χ1) is 8.22. The second-order valence-electron chi connectivity index (χ2n) is 4.05. The van der Waals surface area contributed by atoms with Gasteiger partial charge in [-0.2, -0.15) is 0 Å². The maximum atomic E-state index is 12.0. The Morgan fingerprint density at radius 2 is 2.11 bits per heavy atom. The molecular weight excluding hydrogens is 268 g/mol. The second kappa shape index (κ2) is 6.73. The average molecular weight is 285 g/mol. The highest BCUT2D eigenvalue weighted by atomic mass is 35.5. The van der Waals surface area contributed by atoms with Crippen LogP contribution in [0.2, 0.25) is 0 Å². The molecule has 0 saturated heterocycles. The molecule has 0 aliphatic heterocycles. The van der Waals surface area contributed by atoms with E-state index in [4.69, 9.17) is 0 Å². The number of carbonyl (C=O) groups is 1. The molecule has 2 N–H and O–H groups in total. The summed E-state index contributed by atoms with van der Waals surface area (Å²) in [5, 5.41) is 8.98. The number of nitrogens with one attached hydrogen (secondary N) is 2. The summed E-state index contributed by atoms with van der Waals surface area (Å²) in [6.07, 6.45) is 0. The molecule has 5 heteroatoms. The van der Waals surface area contributed by atoms with Crippen LogP contribution >= 0.6 is 23.7 Å². The predicted molar refractivity (Wildman–Crippen MR) is 79.9 cm³/mol. The highest BCUT2D eigenvalue weighted by molar-refractivity contribution is 7.17. The summed E-state index contributed by atoms with van der Waals surface area (Å²) in [4.78, 5) is 12.0. The van der Waals surface area contributed by atoms with Gasteiger partial charge in [-0.05, 0) is 20.0 Å². The summed E-state index contributed by atoms with van der Waals surface area (Å²) < 4.78 is 1.15. The Hall–Kier alpha value is -1.10. The van der Waals surface area contributed by atoms with E-state index in [1.165, 1.54) is 0 Å². The van der Waals surface area contributed by atoms with Crippen molar-refractivity contribution in [2.45, 2.75) is 13.0 Å². The van der Waals surface area contributed by atoms with Crippen LogP contribution in [-0.2, 0) is 0 Å². The van der Waals surface area contributed by atoms with Crippen LogP contribution < -0.4 is 10.6 Å². The predicted octanol–water partition coefficient (Wildman–Crippen LogP) is 2.66. The lowest BCUT2D eigenvalue weighted by atomic mass is 10.1. The highest BCUT2D eigenvalue weighted by Gasteiger charge is 2.11. The third kappa shape index (κ3) is 3.22. The molecule has 2 rings (SSSR count). The summed E-state index contributed by atoms with van der Waals surface area (Å²) in [5.41, 5.74) is 0.772. The largest absolute Gasteiger partial charge is 0.350 e. The fraction of sp³-hybridized carbons (Fsp3) is 0.308. The quantitative estimate of drug-likeness (QED) is 0.906. The normalized spacial score (nSPS) is 11.9. The molecular formula is C13H17ClN2OS. The number of likely N-dealkylation sites (N-methyl/N-ethyl adjacent to an activating group) is 1. The molecule has 3 nitrogen and oxygen atoms in total. The summed E-state index contributed by atoms with van der Waals surface area (Å²) in [6.45, 7) is 2.67. The van der Waals surface area contributed by atoms with Crippen molar-refractivity contribution in [3.05, 3.63) is 35.2 Å². The van der Waals surface area contributed by atoms with Gasteiger partial charge in [-0.3, -0.25) is 4.79 Å². The number of hydrogen-bond donors (Lipinski definition) is 2. The first-order valence-electron chi connectivity index (χ1n) is 5.64. The topological polar surface area (TPSA) is 41.1 Å². The van der Waals surface area contributed by atoms with Crippen LogP contribution in [-0.4, -0.2) is 25.5 Å². The number of carbonyl (C=O) groups excluding carboxylic acids is 1.